The van der Waals surface area contributed by atoms with E-state index in [0.717, 1.165) is 17.9 Å². The Balaban J connectivity index is 2.22. The molecule has 1 aliphatic rings. The van der Waals surface area contributed by atoms with Gasteiger partial charge in [0.05, 0.1) is 6.10 Å². The number of hydrogen-bond donors (Lipinski definition) is 1. The Morgan fingerprint density at radius 3 is 3.06 bits per heavy atom. The second-order valence-electron chi connectivity index (χ2n) is 4.87. The van der Waals surface area contributed by atoms with Crippen LogP contribution < -0.4 is 4.90 Å². The molecule has 3 heteroatoms. The van der Waals surface area contributed by atoms with Crippen LogP contribution >= 0.6 is 0 Å². The first-order valence-corrected chi connectivity index (χ1v) is 6.63. The molecular weight excluding hydrogens is 212 g/mol. The van der Waals surface area contributed by atoms with Gasteiger partial charge in [0, 0.05) is 18.8 Å². The molecule has 2 atom stereocenters. The van der Waals surface area contributed by atoms with Crippen LogP contribution in [-0.2, 0) is 0 Å². The first-order chi connectivity index (χ1) is 8.22. The van der Waals surface area contributed by atoms with Crippen molar-refractivity contribution in [2.45, 2.75) is 51.7 Å². The summed E-state index contributed by atoms with van der Waals surface area (Å²) in [4.78, 5) is 6.86. The molecular formula is C14H22N2O. The van der Waals surface area contributed by atoms with Crippen LogP contribution in [0, 0.1) is 0 Å². The van der Waals surface area contributed by atoms with E-state index in [1.54, 1.807) is 13.1 Å². The molecule has 1 aromatic heterocycles. The van der Waals surface area contributed by atoms with Gasteiger partial charge in [-0.15, -0.1) is 0 Å². The van der Waals surface area contributed by atoms with Crippen molar-refractivity contribution in [2.24, 2.45) is 0 Å². The molecule has 0 radical (unpaired) electrons. The van der Waals surface area contributed by atoms with Crippen molar-refractivity contribution in [1.29, 1.82) is 0 Å². The fourth-order valence-corrected chi connectivity index (χ4v) is 2.58. The smallest absolute Gasteiger partial charge is 0.129 e. The largest absolute Gasteiger partial charge is 0.389 e. The molecule has 0 aromatic carbocycles. The first-order valence-electron chi connectivity index (χ1n) is 6.63. The number of aliphatic hydroxyl groups excluding tert-OH is 1. The summed E-state index contributed by atoms with van der Waals surface area (Å²) in [5.74, 6) is 1.02. The van der Waals surface area contributed by atoms with E-state index in [1.165, 1.54) is 25.7 Å². The van der Waals surface area contributed by atoms with Crippen molar-refractivity contribution in [3.8, 4) is 0 Å². The lowest BCUT2D eigenvalue weighted by atomic mass is 10.00. The lowest BCUT2D eigenvalue weighted by Gasteiger charge is -2.36. The maximum atomic E-state index is 9.62. The van der Waals surface area contributed by atoms with Gasteiger partial charge in [-0.05, 0) is 50.3 Å². The molecule has 0 saturated carbocycles. The van der Waals surface area contributed by atoms with E-state index in [2.05, 4.69) is 16.8 Å². The van der Waals surface area contributed by atoms with Gasteiger partial charge in [-0.1, -0.05) is 6.92 Å². The van der Waals surface area contributed by atoms with Crippen LogP contribution in [0.5, 0.6) is 0 Å². The predicted octanol–water partition coefficient (Wildman–Crippen LogP) is 2.90. The molecule has 1 fully saturated rings. The molecule has 1 N–H and O–H groups in total. The lowest BCUT2D eigenvalue weighted by molar-refractivity contribution is 0.199. The molecule has 0 spiro atoms. The zero-order chi connectivity index (χ0) is 12.3. The normalized spacial score (nSPS) is 22.5. The van der Waals surface area contributed by atoms with E-state index < -0.39 is 6.10 Å². The zero-order valence-electron chi connectivity index (χ0n) is 10.8. The van der Waals surface area contributed by atoms with Crippen LogP contribution in [0.25, 0.3) is 0 Å². The number of hydrogen-bond acceptors (Lipinski definition) is 3. The van der Waals surface area contributed by atoms with Crippen LogP contribution in [-0.4, -0.2) is 22.7 Å². The van der Waals surface area contributed by atoms with Gasteiger partial charge in [-0.25, -0.2) is 4.98 Å². The Kier molecular flexibility index (Phi) is 4.00. The minimum atomic E-state index is -0.415. The van der Waals surface area contributed by atoms with Crippen LogP contribution in [0.15, 0.2) is 18.3 Å². The van der Waals surface area contributed by atoms with E-state index in [4.69, 9.17) is 0 Å². The van der Waals surface area contributed by atoms with Crippen molar-refractivity contribution in [3.05, 3.63) is 23.9 Å². The van der Waals surface area contributed by atoms with Gasteiger partial charge in [0.2, 0.25) is 0 Å². The van der Waals surface area contributed by atoms with Gasteiger partial charge in [0.1, 0.15) is 5.82 Å². The SMILES string of the molecule is CCC1CCCCN1c1cc([C@@H](C)O)ccn1. The number of pyridine rings is 1. The first kappa shape index (κ1) is 12.4. The van der Waals surface area contributed by atoms with Gasteiger partial charge in [-0.2, -0.15) is 0 Å². The molecule has 0 aliphatic carbocycles. The highest BCUT2D eigenvalue weighted by Crippen LogP contribution is 2.26. The fourth-order valence-electron chi connectivity index (χ4n) is 2.58. The lowest BCUT2D eigenvalue weighted by Crippen LogP contribution is -2.39. The van der Waals surface area contributed by atoms with E-state index in [1.807, 2.05) is 12.1 Å². The fraction of sp³-hybridized carbons (Fsp3) is 0.643. The number of aromatic nitrogens is 1. The summed E-state index contributed by atoms with van der Waals surface area (Å²) in [5.41, 5.74) is 0.954. The van der Waals surface area contributed by atoms with E-state index in [9.17, 15) is 5.11 Å². The van der Waals surface area contributed by atoms with Crippen LogP contribution in [0.3, 0.4) is 0 Å². The molecule has 0 amide bonds. The molecule has 94 valence electrons. The zero-order valence-corrected chi connectivity index (χ0v) is 10.8. The molecule has 1 unspecified atom stereocenters. The van der Waals surface area contributed by atoms with Crippen LogP contribution in [0.4, 0.5) is 5.82 Å². The Bertz CT molecular complexity index is 365. The van der Waals surface area contributed by atoms with Crippen molar-refractivity contribution in [3.63, 3.8) is 0 Å². The Hall–Kier alpha value is -1.09. The summed E-state index contributed by atoms with van der Waals surface area (Å²) in [7, 11) is 0. The van der Waals surface area contributed by atoms with E-state index >= 15 is 0 Å². The monoisotopic (exact) mass is 234 g/mol. The molecule has 0 bridgehead atoms. The number of aliphatic hydroxyl groups is 1. The van der Waals surface area contributed by atoms with E-state index in [-0.39, 0.29) is 0 Å². The molecule has 1 aliphatic heterocycles. The number of nitrogens with zero attached hydrogens (tertiary/aromatic N) is 2. The van der Waals surface area contributed by atoms with Crippen molar-refractivity contribution >= 4 is 5.82 Å². The quantitative estimate of drug-likeness (QED) is 0.873. The molecule has 2 rings (SSSR count). The van der Waals surface area contributed by atoms with Crippen LogP contribution in [0.2, 0.25) is 0 Å². The maximum Gasteiger partial charge on any atom is 0.129 e. The van der Waals surface area contributed by atoms with Crippen molar-refractivity contribution < 1.29 is 5.11 Å². The molecule has 2 heterocycles. The minimum Gasteiger partial charge on any atom is -0.389 e. The topological polar surface area (TPSA) is 36.4 Å². The molecule has 3 nitrogen and oxygen atoms in total. The van der Waals surface area contributed by atoms with Gasteiger partial charge in [0.25, 0.3) is 0 Å². The highest BCUT2D eigenvalue weighted by Gasteiger charge is 2.22. The summed E-state index contributed by atoms with van der Waals surface area (Å²) >= 11 is 0. The van der Waals surface area contributed by atoms with Gasteiger partial charge >= 0.3 is 0 Å². The van der Waals surface area contributed by atoms with Crippen molar-refractivity contribution in [1.82, 2.24) is 4.98 Å². The van der Waals surface area contributed by atoms with E-state index in [0.29, 0.717) is 6.04 Å². The Morgan fingerprint density at radius 2 is 2.35 bits per heavy atom. The molecule has 1 saturated heterocycles. The third-order valence-electron chi connectivity index (χ3n) is 3.64. The molecule has 17 heavy (non-hydrogen) atoms. The summed E-state index contributed by atoms with van der Waals surface area (Å²) in [6.45, 7) is 5.13. The van der Waals surface area contributed by atoms with Gasteiger partial charge in [-0.3, -0.25) is 0 Å². The average molecular weight is 234 g/mol. The second-order valence-corrected chi connectivity index (χ2v) is 4.87. The predicted molar refractivity (Wildman–Crippen MR) is 70.1 cm³/mol. The standard InChI is InChI=1S/C14H22N2O/c1-3-13-6-4-5-9-16(13)14-10-12(11(2)17)7-8-15-14/h7-8,10-11,13,17H,3-6,9H2,1-2H3/t11-,13?/m1/s1. The number of piperidine rings is 1. The van der Waals surface area contributed by atoms with Gasteiger partial charge in [0.15, 0.2) is 0 Å². The number of rotatable bonds is 3. The Morgan fingerprint density at radius 1 is 1.53 bits per heavy atom. The average Bonchev–Trinajstić information content (AvgIpc) is 2.39. The van der Waals surface area contributed by atoms with Crippen molar-refractivity contribution in [2.75, 3.05) is 11.4 Å². The minimum absolute atomic E-state index is 0.415. The third-order valence-corrected chi connectivity index (χ3v) is 3.64. The summed E-state index contributed by atoms with van der Waals surface area (Å²) < 4.78 is 0. The van der Waals surface area contributed by atoms with Crippen LogP contribution in [0.1, 0.15) is 51.2 Å². The second kappa shape index (κ2) is 5.50. The highest BCUT2D eigenvalue weighted by molar-refractivity contribution is 5.43. The summed E-state index contributed by atoms with van der Waals surface area (Å²) in [6.07, 6.45) is 6.39. The Labute approximate surface area is 103 Å². The molecule has 1 aromatic rings. The summed E-state index contributed by atoms with van der Waals surface area (Å²) in [5, 5.41) is 9.62. The van der Waals surface area contributed by atoms with Gasteiger partial charge < -0.3 is 10.0 Å². The summed E-state index contributed by atoms with van der Waals surface area (Å²) in [6, 6.07) is 4.53. The highest BCUT2D eigenvalue weighted by atomic mass is 16.3. The maximum absolute atomic E-state index is 9.62. The third kappa shape index (κ3) is 2.78. The number of anilines is 1.